The van der Waals surface area contributed by atoms with Crippen molar-refractivity contribution in [3.8, 4) is 0 Å². The lowest BCUT2D eigenvalue weighted by Gasteiger charge is -2.33. The van der Waals surface area contributed by atoms with Gasteiger partial charge in [0, 0.05) is 24.2 Å². The number of aliphatic hydroxyl groups is 1. The molecule has 0 amide bonds. The fraction of sp³-hybridized carbons (Fsp3) is 0.667. The van der Waals surface area contributed by atoms with Crippen molar-refractivity contribution in [3.05, 3.63) is 11.6 Å². The van der Waals surface area contributed by atoms with E-state index in [2.05, 4.69) is 9.71 Å². The number of piperidine rings is 1. The third kappa shape index (κ3) is 2.95. The lowest BCUT2D eigenvalue weighted by molar-refractivity contribution is 0.156. The number of hydrogen-bond acceptors (Lipinski definition) is 5. The van der Waals surface area contributed by atoms with Crippen LogP contribution in [0.3, 0.4) is 0 Å². The molecule has 1 aliphatic heterocycles. The molecule has 6 nitrogen and oxygen atoms in total. The van der Waals surface area contributed by atoms with E-state index in [1.807, 2.05) is 0 Å². The Hall–Kier alpha value is -0.700. The fourth-order valence-electron chi connectivity index (χ4n) is 1.92. The van der Waals surface area contributed by atoms with Gasteiger partial charge in [-0.15, -0.1) is 11.3 Å². The molecule has 96 valence electrons. The quantitative estimate of drug-likeness (QED) is 0.846. The van der Waals surface area contributed by atoms with Crippen LogP contribution in [-0.4, -0.2) is 42.0 Å². The summed E-state index contributed by atoms with van der Waals surface area (Å²) in [5.41, 5.74) is 0. The van der Waals surface area contributed by atoms with E-state index < -0.39 is 10.2 Å². The number of hydrogen-bond donors (Lipinski definition) is 2. The van der Waals surface area contributed by atoms with E-state index in [0.717, 1.165) is 12.8 Å². The Morgan fingerprint density at radius 3 is 3.06 bits per heavy atom. The van der Waals surface area contributed by atoms with Crippen molar-refractivity contribution in [1.82, 2.24) is 9.29 Å². The number of rotatable bonds is 4. The van der Waals surface area contributed by atoms with E-state index in [-0.39, 0.29) is 12.6 Å². The molecule has 2 N–H and O–H groups in total. The van der Waals surface area contributed by atoms with Crippen molar-refractivity contribution in [2.45, 2.75) is 25.3 Å². The predicted molar refractivity (Wildman–Crippen MR) is 66.1 cm³/mol. The Kier molecular flexibility index (Phi) is 3.97. The standard InChI is InChI=1S/C9H15N3O3S2/c13-7-8-3-1-2-5-12(8)17(14,15)11-9-10-4-6-16-9/h4,6,8,13H,1-3,5,7H2,(H,10,11). The largest absolute Gasteiger partial charge is 0.395 e. The fourth-order valence-corrected chi connectivity index (χ4v) is 4.12. The molecule has 0 aromatic carbocycles. The maximum atomic E-state index is 12.1. The number of aliphatic hydroxyl groups excluding tert-OH is 1. The third-order valence-corrected chi connectivity index (χ3v) is 5.11. The number of thiazole rings is 1. The molecule has 2 rings (SSSR count). The van der Waals surface area contributed by atoms with Gasteiger partial charge < -0.3 is 5.11 Å². The van der Waals surface area contributed by atoms with Gasteiger partial charge in [-0.05, 0) is 12.8 Å². The zero-order chi connectivity index (χ0) is 12.3. The Morgan fingerprint density at radius 2 is 2.41 bits per heavy atom. The second-order valence-electron chi connectivity index (χ2n) is 3.89. The van der Waals surface area contributed by atoms with Crippen molar-refractivity contribution in [2.75, 3.05) is 17.9 Å². The first-order chi connectivity index (χ1) is 8.13. The summed E-state index contributed by atoms with van der Waals surface area (Å²) in [5, 5.41) is 11.3. The molecule has 8 heteroatoms. The molecule has 17 heavy (non-hydrogen) atoms. The van der Waals surface area contributed by atoms with Gasteiger partial charge in [-0.1, -0.05) is 6.42 Å². The highest BCUT2D eigenvalue weighted by Gasteiger charge is 2.32. The maximum absolute atomic E-state index is 12.1. The molecule has 1 aliphatic rings. The molecule has 1 unspecified atom stereocenters. The Bertz CT molecular complexity index is 446. The molecular formula is C9H15N3O3S2. The number of aromatic nitrogens is 1. The van der Waals surface area contributed by atoms with E-state index in [1.54, 1.807) is 11.6 Å². The number of nitrogens with one attached hydrogen (secondary N) is 1. The van der Waals surface area contributed by atoms with E-state index in [0.29, 0.717) is 18.1 Å². The first kappa shape index (κ1) is 12.7. The maximum Gasteiger partial charge on any atom is 0.303 e. The monoisotopic (exact) mass is 277 g/mol. The summed E-state index contributed by atoms with van der Waals surface area (Å²) in [6.07, 6.45) is 4.03. The van der Waals surface area contributed by atoms with Gasteiger partial charge in [0.1, 0.15) is 0 Å². The average Bonchev–Trinajstić information content (AvgIpc) is 2.81. The minimum atomic E-state index is -3.60. The van der Waals surface area contributed by atoms with Crippen LogP contribution in [0.4, 0.5) is 5.13 Å². The second kappa shape index (κ2) is 5.30. The molecule has 1 aromatic heterocycles. The normalized spacial score (nSPS) is 22.5. The molecule has 1 atom stereocenters. The number of anilines is 1. The van der Waals surface area contributed by atoms with Crippen molar-refractivity contribution >= 4 is 26.7 Å². The third-order valence-electron chi connectivity index (χ3n) is 2.74. The molecular weight excluding hydrogens is 262 g/mol. The van der Waals surface area contributed by atoms with Crippen molar-refractivity contribution in [3.63, 3.8) is 0 Å². The van der Waals surface area contributed by atoms with E-state index in [9.17, 15) is 13.5 Å². The van der Waals surface area contributed by atoms with Gasteiger partial charge in [0.2, 0.25) is 0 Å². The average molecular weight is 277 g/mol. The summed E-state index contributed by atoms with van der Waals surface area (Å²) in [5.74, 6) is 0. The van der Waals surface area contributed by atoms with E-state index >= 15 is 0 Å². The molecule has 0 saturated carbocycles. The van der Waals surface area contributed by atoms with E-state index in [1.165, 1.54) is 15.6 Å². The van der Waals surface area contributed by atoms with Gasteiger partial charge in [-0.2, -0.15) is 12.7 Å². The summed E-state index contributed by atoms with van der Waals surface area (Å²) in [6.45, 7) is 0.310. The molecule has 0 radical (unpaired) electrons. The molecule has 1 aromatic rings. The first-order valence-electron chi connectivity index (χ1n) is 5.43. The Morgan fingerprint density at radius 1 is 1.59 bits per heavy atom. The lowest BCUT2D eigenvalue weighted by Crippen LogP contribution is -2.47. The Labute approximate surface area is 104 Å². The van der Waals surface area contributed by atoms with Crippen LogP contribution in [-0.2, 0) is 10.2 Å². The van der Waals surface area contributed by atoms with Crippen LogP contribution in [0.5, 0.6) is 0 Å². The topological polar surface area (TPSA) is 82.5 Å². The Balaban J connectivity index is 2.13. The summed E-state index contributed by atoms with van der Waals surface area (Å²) in [4.78, 5) is 3.89. The molecule has 1 fully saturated rings. The first-order valence-corrected chi connectivity index (χ1v) is 7.75. The van der Waals surface area contributed by atoms with Crippen LogP contribution in [0, 0.1) is 0 Å². The van der Waals surface area contributed by atoms with Crippen LogP contribution in [0.25, 0.3) is 0 Å². The summed E-state index contributed by atoms with van der Waals surface area (Å²) >= 11 is 1.23. The van der Waals surface area contributed by atoms with Crippen LogP contribution in [0.1, 0.15) is 19.3 Å². The molecule has 0 aliphatic carbocycles. The van der Waals surface area contributed by atoms with Crippen LogP contribution in [0.2, 0.25) is 0 Å². The highest BCUT2D eigenvalue weighted by Crippen LogP contribution is 2.22. The van der Waals surface area contributed by atoms with Crippen LogP contribution in [0.15, 0.2) is 11.6 Å². The van der Waals surface area contributed by atoms with Crippen molar-refractivity contribution < 1.29 is 13.5 Å². The minimum Gasteiger partial charge on any atom is -0.395 e. The predicted octanol–water partition coefficient (Wildman–Crippen LogP) is 0.647. The summed E-state index contributed by atoms with van der Waals surface area (Å²) < 4.78 is 27.9. The highest BCUT2D eigenvalue weighted by molar-refractivity contribution is 7.90. The zero-order valence-corrected chi connectivity index (χ0v) is 10.9. The molecule has 1 saturated heterocycles. The van der Waals surface area contributed by atoms with Crippen molar-refractivity contribution in [1.29, 1.82) is 0 Å². The van der Waals surface area contributed by atoms with E-state index in [4.69, 9.17) is 0 Å². The van der Waals surface area contributed by atoms with Gasteiger partial charge >= 0.3 is 10.2 Å². The molecule has 0 bridgehead atoms. The van der Waals surface area contributed by atoms with Gasteiger partial charge in [0.15, 0.2) is 5.13 Å². The van der Waals surface area contributed by atoms with Crippen molar-refractivity contribution in [2.24, 2.45) is 0 Å². The van der Waals surface area contributed by atoms with Gasteiger partial charge in [0.25, 0.3) is 0 Å². The zero-order valence-electron chi connectivity index (χ0n) is 9.24. The number of nitrogens with zero attached hydrogens (tertiary/aromatic N) is 2. The van der Waals surface area contributed by atoms with Gasteiger partial charge in [0.05, 0.1) is 6.61 Å². The summed E-state index contributed by atoms with van der Waals surface area (Å²) in [7, 11) is -3.60. The van der Waals surface area contributed by atoms with Gasteiger partial charge in [-0.3, -0.25) is 0 Å². The lowest BCUT2D eigenvalue weighted by atomic mass is 10.1. The molecule has 2 heterocycles. The minimum absolute atomic E-state index is 0.140. The molecule has 0 spiro atoms. The SMILES string of the molecule is O=S(=O)(Nc1nccs1)N1CCCCC1CO. The highest BCUT2D eigenvalue weighted by atomic mass is 32.2. The second-order valence-corrected chi connectivity index (χ2v) is 6.41. The van der Waals surface area contributed by atoms with Gasteiger partial charge in [-0.25, -0.2) is 9.71 Å². The van der Waals surface area contributed by atoms with Crippen LogP contribution < -0.4 is 4.72 Å². The summed E-state index contributed by atoms with van der Waals surface area (Å²) in [6, 6.07) is -0.318. The smallest absolute Gasteiger partial charge is 0.303 e. The van der Waals surface area contributed by atoms with Crippen LogP contribution >= 0.6 is 11.3 Å².